The zero-order valence-electron chi connectivity index (χ0n) is 11.6. The molecule has 0 bridgehead atoms. The van der Waals surface area contributed by atoms with Crippen molar-refractivity contribution >= 4 is 34.1 Å². The van der Waals surface area contributed by atoms with Gasteiger partial charge in [-0.1, -0.05) is 0 Å². The van der Waals surface area contributed by atoms with Crippen LogP contribution in [0, 0.1) is 0 Å². The molecular formula is C9H16ClN6O4S+. The SMILES string of the molecule is CN(C)S(=O)(=O)N1CCN([n+]2noc(NC=O)c2Cl)CC1. The Balaban J connectivity index is 2.06. The first kappa shape index (κ1) is 15.9. The van der Waals surface area contributed by atoms with Crippen LogP contribution in [0.5, 0.6) is 0 Å². The lowest BCUT2D eigenvalue weighted by molar-refractivity contribution is -0.757. The molecule has 1 fully saturated rings. The lowest BCUT2D eigenvalue weighted by Crippen LogP contribution is -2.67. The van der Waals surface area contributed by atoms with Crippen molar-refractivity contribution in [3.8, 4) is 0 Å². The van der Waals surface area contributed by atoms with Gasteiger partial charge in [-0.15, -0.1) is 5.01 Å². The lowest BCUT2D eigenvalue weighted by atomic mass is 10.4. The zero-order chi connectivity index (χ0) is 15.6. The summed E-state index contributed by atoms with van der Waals surface area (Å²) >= 11 is 6.02. The molecule has 1 aliphatic heterocycles. The van der Waals surface area contributed by atoms with Crippen LogP contribution in [0.1, 0.15) is 0 Å². The average Bonchev–Trinajstić information content (AvgIpc) is 2.81. The Hall–Kier alpha value is -1.43. The minimum Gasteiger partial charge on any atom is -0.290 e. The molecule has 0 saturated carbocycles. The Morgan fingerprint density at radius 3 is 2.52 bits per heavy atom. The van der Waals surface area contributed by atoms with E-state index in [1.165, 1.54) is 27.5 Å². The molecule has 0 atom stereocenters. The number of amides is 1. The highest BCUT2D eigenvalue weighted by Crippen LogP contribution is 2.16. The third-order valence-corrected chi connectivity index (χ3v) is 5.30. The Kier molecular flexibility index (Phi) is 4.66. The highest BCUT2D eigenvalue weighted by molar-refractivity contribution is 7.86. The molecule has 0 aromatic carbocycles. The Labute approximate surface area is 127 Å². The van der Waals surface area contributed by atoms with Crippen LogP contribution in [-0.2, 0) is 15.0 Å². The second-order valence-corrected chi connectivity index (χ2v) is 6.99. The molecule has 21 heavy (non-hydrogen) atoms. The molecule has 0 radical (unpaired) electrons. The summed E-state index contributed by atoms with van der Waals surface area (Å²) in [6, 6.07) is 0. The lowest BCUT2D eigenvalue weighted by Gasteiger charge is -2.31. The molecule has 0 unspecified atom stereocenters. The van der Waals surface area contributed by atoms with E-state index in [1.54, 1.807) is 5.01 Å². The molecule has 10 nitrogen and oxygen atoms in total. The molecule has 12 heteroatoms. The van der Waals surface area contributed by atoms with Crippen LogP contribution in [0.25, 0.3) is 0 Å². The summed E-state index contributed by atoms with van der Waals surface area (Å²) in [5.74, 6) is 0.0370. The largest absolute Gasteiger partial charge is 0.399 e. The summed E-state index contributed by atoms with van der Waals surface area (Å²) in [6.45, 7) is 1.38. The monoisotopic (exact) mass is 339 g/mol. The number of nitrogens with one attached hydrogen (secondary N) is 1. The fourth-order valence-corrected chi connectivity index (χ4v) is 3.20. The van der Waals surface area contributed by atoms with Gasteiger partial charge in [0.25, 0.3) is 10.2 Å². The molecule has 1 aliphatic rings. The highest BCUT2D eigenvalue weighted by atomic mass is 35.5. The fourth-order valence-electron chi connectivity index (χ4n) is 1.89. The molecule has 0 spiro atoms. The number of carbonyl (C=O) groups is 1. The Morgan fingerprint density at radius 2 is 2.00 bits per heavy atom. The predicted octanol–water partition coefficient (Wildman–Crippen LogP) is -1.76. The van der Waals surface area contributed by atoms with Gasteiger partial charge in [0.2, 0.25) is 11.7 Å². The standard InChI is InChI=1S/C9H15ClN6O4S/c1-13(2)21(18,19)15-5-3-14(4-6-15)16-8(10)9(11-7-17)20-12-16/h7H,3-6H2,1-2H3/p+1. The number of anilines is 1. The van der Waals surface area contributed by atoms with Gasteiger partial charge in [-0.2, -0.15) is 17.0 Å². The summed E-state index contributed by atoms with van der Waals surface area (Å²) in [4.78, 5) is 11.7. The Morgan fingerprint density at radius 1 is 1.38 bits per heavy atom. The molecule has 0 aliphatic carbocycles. The van der Waals surface area contributed by atoms with Crippen molar-refractivity contribution in [3.63, 3.8) is 0 Å². The van der Waals surface area contributed by atoms with Gasteiger partial charge in [-0.05, 0) is 0 Å². The van der Waals surface area contributed by atoms with Gasteiger partial charge < -0.3 is 0 Å². The van der Waals surface area contributed by atoms with Crippen molar-refractivity contribution < 1.29 is 22.5 Å². The molecular weight excluding hydrogens is 324 g/mol. The highest BCUT2D eigenvalue weighted by Gasteiger charge is 2.35. The van der Waals surface area contributed by atoms with Crippen LogP contribution in [0.4, 0.5) is 5.88 Å². The first-order valence-electron chi connectivity index (χ1n) is 6.08. The maximum absolute atomic E-state index is 12.0. The van der Waals surface area contributed by atoms with E-state index in [1.807, 2.05) is 0 Å². The summed E-state index contributed by atoms with van der Waals surface area (Å²) < 4.78 is 31.4. The molecule has 118 valence electrons. The summed E-state index contributed by atoms with van der Waals surface area (Å²) in [5, 5.41) is 7.84. The number of piperazine rings is 1. The van der Waals surface area contributed by atoms with Gasteiger partial charge in [0.15, 0.2) is 0 Å². The van der Waals surface area contributed by atoms with Crippen LogP contribution >= 0.6 is 11.6 Å². The number of carbonyl (C=O) groups excluding carboxylic acids is 1. The van der Waals surface area contributed by atoms with Gasteiger partial charge in [-0.3, -0.25) is 14.6 Å². The molecule has 1 amide bonds. The van der Waals surface area contributed by atoms with Crippen LogP contribution in [0.2, 0.25) is 5.15 Å². The molecule has 1 saturated heterocycles. The minimum atomic E-state index is -3.42. The smallest absolute Gasteiger partial charge is 0.290 e. The second-order valence-electron chi connectivity index (χ2n) is 4.49. The average molecular weight is 340 g/mol. The molecule has 1 N–H and O–H groups in total. The van der Waals surface area contributed by atoms with E-state index >= 15 is 0 Å². The maximum atomic E-state index is 12.0. The topological polar surface area (TPSA) is 103 Å². The van der Waals surface area contributed by atoms with E-state index in [2.05, 4.69) is 10.6 Å². The number of hydrogen-bond donors (Lipinski definition) is 1. The van der Waals surface area contributed by atoms with Gasteiger partial charge in [0.05, 0.1) is 17.9 Å². The first-order chi connectivity index (χ1) is 9.87. The Bertz CT molecular complexity index is 610. The normalized spacial score (nSPS) is 17.2. The third-order valence-electron chi connectivity index (χ3n) is 3.03. The zero-order valence-corrected chi connectivity index (χ0v) is 13.1. The predicted molar refractivity (Wildman–Crippen MR) is 73.5 cm³/mol. The first-order valence-corrected chi connectivity index (χ1v) is 7.86. The van der Waals surface area contributed by atoms with Gasteiger partial charge >= 0.3 is 11.0 Å². The minimum absolute atomic E-state index is 0.0370. The van der Waals surface area contributed by atoms with E-state index in [0.29, 0.717) is 32.6 Å². The van der Waals surface area contributed by atoms with Gasteiger partial charge in [0, 0.05) is 38.8 Å². The molecule has 1 aromatic rings. The van der Waals surface area contributed by atoms with Crippen LogP contribution in [0.3, 0.4) is 0 Å². The molecule has 2 heterocycles. The van der Waals surface area contributed by atoms with E-state index in [4.69, 9.17) is 16.1 Å². The van der Waals surface area contributed by atoms with Crippen molar-refractivity contribution in [3.05, 3.63) is 5.15 Å². The van der Waals surface area contributed by atoms with E-state index < -0.39 is 10.2 Å². The maximum Gasteiger partial charge on any atom is 0.399 e. The van der Waals surface area contributed by atoms with Gasteiger partial charge in [-0.25, -0.2) is 0 Å². The second kappa shape index (κ2) is 6.13. The van der Waals surface area contributed by atoms with E-state index in [0.717, 1.165) is 0 Å². The number of rotatable bonds is 5. The van der Waals surface area contributed by atoms with Crippen LogP contribution < -0.4 is 15.1 Å². The fraction of sp³-hybridized carbons (Fsp3) is 0.667. The summed E-state index contributed by atoms with van der Waals surface area (Å²) in [7, 11) is -0.447. The quantitative estimate of drug-likeness (QED) is 0.504. The van der Waals surface area contributed by atoms with Gasteiger partial charge in [0.1, 0.15) is 0 Å². The van der Waals surface area contributed by atoms with Crippen molar-refractivity contribution in [1.82, 2.24) is 13.9 Å². The molecule has 1 aromatic heterocycles. The van der Waals surface area contributed by atoms with E-state index in [9.17, 15) is 13.2 Å². The number of hydrogen-bond acceptors (Lipinski definition) is 6. The van der Waals surface area contributed by atoms with Crippen LogP contribution in [-0.4, -0.2) is 69.0 Å². The van der Waals surface area contributed by atoms with Crippen molar-refractivity contribution in [2.75, 3.05) is 50.6 Å². The number of aromatic nitrogens is 2. The number of nitrogens with zero attached hydrogens (tertiary/aromatic N) is 5. The summed E-state index contributed by atoms with van der Waals surface area (Å²) in [6.07, 6.45) is 0.429. The van der Waals surface area contributed by atoms with Crippen molar-refractivity contribution in [2.24, 2.45) is 0 Å². The van der Waals surface area contributed by atoms with Crippen molar-refractivity contribution in [2.45, 2.75) is 0 Å². The number of halogens is 1. The van der Waals surface area contributed by atoms with Crippen LogP contribution in [0.15, 0.2) is 4.52 Å². The summed E-state index contributed by atoms with van der Waals surface area (Å²) in [5.41, 5.74) is 0. The van der Waals surface area contributed by atoms with E-state index in [-0.39, 0.29) is 11.0 Å². The molecule has 2 rings (SSSR count). The van der Waals surface area contributed by atoms with Crippen molar-refractivity contribution in [1.29, 1.82) is 0 Å². The third kappa shape index (κ3) is 3.10.